The fourth-order valence-electron chi connectivity index (χ4n) is 5.75. The smallest absolute Gasteiger partial charge is 0.127 e. The van der Waals surface area contributed by atoms with Crippen LogP contribution in [0.25, 0.3) is 0 Å². The van der Waals surface area contributed by atoms with E-state index in [1.54, 1.807) is 6.07 Å². The maximum atomic E-state index is 14.3. The van der Waals surface area contributed by atoms with Crippen LogP contribution in [0.15, 0.2) is 18.2 Å². The van der Waals surface area contributed by atoms with Gasteiger partial charge in [-0.3, -0.25) is 0 Å². The summed E-state index contributed by atoms with van der Waals surface area (Å²) >= 11 is 0. The first-order valence-corrected chi connectivity index (χ1v) is 13.0. The molecular weight excluding hydrogens is 367 g/mol. The summed E-state index contributed by atoms with van der Waals surface area (Å²) in [5.41, 5.74) is 1.69. The first kappa shape index (κ1) is 23.4. The van der Waals surface area contributed by atoms with Gasteiger partial charge in [-0.25, -0.2) is 4.39 Å². The lowest BCUT2D eigenvalue weighted by molar-refractivity contribution is 0.153. The number of halogens is 1. The summed E-state index contributed by atoms with van der Waals surface area (Å²) < 4.78 is 14.3. The topological polar surface area (TPSA) is 0 Å². The SMILES string of the molecule is CCCCCc1ccc(C#CC2CCC(C3CCC(CCCC)CC3)CC2)cc1F. The van der Waals surface area contributed by atoms with Crippen molar-refractivity contribution in [1.29, 1.82) is 0 Å². The summed E-state index contributed by atoms with van der Waals surface area (Å²) in [6.07, 6.45) is 19.6. The van der Waals surface area contributed by atoms with Gasteiger partial charge in [0.05, 0.1) is 0 Å². The van der Waals surface area contributed by atoms with Gasteiger partial charge in [0.2, 0.25) is 0 Å². The zero-order valence-electron chi connectivity index (χ0n) is 19.5. The van der Waals surface area contributed by atoms with Crippen LogP contribution in [0.3, 0.4) is 0 Å². The lowest BCUT2D eigenvalue weighted by Gasteiger charge is -2.37. The molecular formula is C29H43F. The van der Waals surface area contributed by atoms with Gasteiger partial charge in [0.15, 0.2) is 0 Å². The van der Waals surface area contributed by atoms with Gasteiger partial charge in [0, 0.05) is 11.5 Å². The number of hydrogen-bond donors (Lipinski definition) is 0. The molecule has 0 nitrogen and oxygen atoms in total. The summed E-state index contributed by atoms with van der Waals surface area (Å²) in [7, 11) is 0. The van der Waals surface area contributed by atoms with Crippen molar-refractivity contribution >= 4 is 0 Å². The van der Waals surface area contributed by atoms with Crippen LogP contribution in [0.1, 0.15) is 115 Å². The molecule has 0 aromatic heterocycles. The molecule has 0 spiro atoms. The number of aryl methyl sites for hydroxylation is 1. The van der Waals surface area contributed by atoms with E-state index in [2.05, 4.69) is 25.7 Å². The predicted octanol–water partition coefficient (Wildman–Crippen LogP) is 8.71. The second-order valence-electron chi connectivity index (χ2n) is 10.1. The fraction of sp³-hybridized carbons (Fsp3) is 0.724. The van der Waals surface area contributed by atoms with Crippen molar-refractivity contribution in [3.05, 3.63) is 35.1 Å². The predicted molar refractivity (Wildman–Crippen MR) is 127 cm³/mol. The minimum atomic E-state index is -0.0730. The normalized spacial score (nSPS) is 26.8. The highest BCUT2D eigenvalue weighted by molar-refractivity contribution is 5.37. The fourth-order valence-corrected chi connectivity index (χ4v) is 5.75. The molecule has 0 aliphatic heterocycles. The quantitative estimate of drug-likeness (QED) is 0.297. The van der Waals surface area contributed by atoms with E-state index in [0.29, 0.717) is 5.92 Å². The van der Waals surface area contributed by atoms with Crippen LogP contribution in [-0.2, 0) is 6.42 Å². The van der Waals surface area contributed by atoms with Gasteiger partial charge < -0.3 is 0 Å². The van der Waals surface area contributed by atoms with Crippen molar-refractivity contribution in [1.82, 2.24) is 0 Å². The third-order valence-electron chi connectivity index (χ3n) is 7.82. The zero-order valence-corrected chi connectivity index (χ0v) is 19.5. The second kappa shape index (κ2) is 12.5. The Bertz CT molecular complexity index is 678. The van der Waals surface area contributed by atoms with E-state index in [-0.39, 0.29) is 5.82 Å². The molecule has 0 unspecified atom stereocenters. The highest BCUT2D eigenvalue weighted by Gasteiger charge is 2.30. The minimum absolute atomic E-state index is 0.0730. The van der Waals surface area contributed by atoms with E-state index in [1.165, 1.54) is 83.5 Å². The maximum absolute atomic E-state index is 14.3. The van der Waals surface area contributed by atoms with Crippen LogP contribution in [0, 0.1) is 41.3 Å². The molecule has 2 aliphatic rings. The molecule has 2 fully saturated rings. The minimum Gasteiger partial charge on any atom is -0.207 e. The molecule has 2 saturated carbocycles. The Morgan fingerprint density at radius 3 is 2.13 bits per heavy atom. The first-order chi connectivity index (χ1) is 14.7. The maximum Gasteiger partial charge on any atom is 0.127 e. The second-order valence-corrected chi connectivity index (χ2v) is 10.1. The van der Waals surface area contributed by atoms with E-state index < -0.39 is 0 Å². The van der Waals surface area contributed by atoms with E-state index in [0.717, 1.165) is 41.7 Å². The molecule has 166 valence electrons. The third-order valence-corrected chi connectivity index (χ3v) is 7.82. The van der Waals surface area contributed by atoms with Crippen molar-refractivity contribution in [3.8, 4) is 11.8 Å². The third kappa shape index (κ3) is 7.14. The summed E-state index contributed by atoms with van der Waals surface area (Å²) in [5, 5.41) is 0. The van der Waals surface area contributed by atoms with E-state index in [4.69, 9.17) is 0 Å². The van der Waals surface area contributed by atoms with E-state index >= 15 is 0 Å². The van der Waals surface area contributed by atoms with E-state index in [1.807, 2.05) is 12.1 Å². The van der Waals surface area contributed by atoms with Crippen molar-refractivity contribution in [2.24, 2.45) is 23.7 Å². The number of benzene rings is 1. The Hall–Kier alpha value is -1.29. The van der Waals surface area contributed by atoms with Gasteiger partial charge >= 0.3 is 0 Å². The molecule has 2 aliphatic carbocycles. The van der Waals surface area contributed by atoms with E-state index in [9.17, 15) is 4.39 Å². The highest BCUT2D eigenvalue weighted by atomic mass is 19.1. The summed E-state index contributed by atoms with van der Waals surface area (Å²) in [4.78, 5) is 0. The average molecular weight is 411 g/mol. The molecule has 0 radical (unpaired) electrons. The summed E-state index contributed by atoms with van der Waals surface area (Å²) in [6.45, 7) is 4.49. The number of rotatable bonds is 8. The molecule has 30 heavy (non-hydrogen) atoms. The van der Waals surface area contributed by atoms with Crippen LogP contribution >= 0.6 is 0 Å². The standard InChI is InChI=1S/C29H43F/c1-3-5-7-9-28-21-16-25(22-29(28)30)11-10-24-14-19-27(20-15-24)26-17-12-23(13-18-26)8-6-4-2/h16,21-24,26-27H,3-9,12-15,17-20H2,1-2H3. The highest BCUT2D eigenvalue weighted by Crippen LogP contribution is 2.42. The molecule has 3 rings (SSSR count). The summed E-state index contributed by atoms with van der Waals surface area (Å²) in [6, 6.07) is 5.61. The lowest BCUT2D eigenvalue weighted by atomic mass is 9.69. The number of unbranched alkanes of at least 4 members (excludes halogenated alkanes) is 3. The molecule has 0 atom stereocenters. The van der Waals surface area contributed by atoms with Gasteiger partial charge in [-0.15, -0.1) is 0 Å². The molecule has 0 bridgehead atoms. The van der Waals surface area contributed by atoms with Crippen molar-refractivity contribution in [3.63, 3.8) is 0 Å². The molecule has 1 aromatic rings. The molecule has 0 heterocycles. The van der Waals surface area contributed by atoms with Crippen molar-refractivity contribution < 1.29 is 4.39 Å². The molecule has 1 heteroatoms. The molecule has 1 aromatic carbocycles. The van der Waals surface area contributed by atoms with Crippen LogP contribution in [0.2, 0.25) is 0 Å². The number of hydrogen-bond acceptors (Lipinski definition) is 0. The van der Waals surface area contributed by atoms with Gasteiger partial charge in [-0.2, -0.15) is 0 Å². The molecule has 0 N–H and O–H groups in total. The van der Waals surface area contributed by atoms with Crippen LogP contribution in [0.4, 0.5) is 4.39 Å². The Morgan fingerprint density at radius 2 is 1.50 bits per heavy atom. The van der Waals surface area contributed by atoms with Gasteiger partial charge in [-0.05, 0) is 86.8 Å². The Labute approximate surface area is 185 Å². The van der Waals surface area contributed by atoms with Crippen LogP contribution in [-0.4, -0.2) is 0 Å². The van der Waals surface area contributed by atoms with Crippen molar-refractivity contribution in [2.45, 2.75) is 110 Å². The lowest BCUT2D eigenvalue weighted by Crippen LogP contribution is -2.25. The average Bonchev–Trinajstić information content (AvgIpc) is 2.78. The van der Waals surface area contributed by atoms with Gasteiger partial charge in [0.25, 0.3) is 0 Å². The summed E-state index contributed by atoms with van der Waals surface area (Å²) in [5.74, 6) is 10.1. The monoisotopic (exact) mass is 410 g/mol. The van der Waals surface area contributed by atoms with Gasteiger partial charge in [0.1, 0.15) is 5.82 Å². The van der Waals surface area contributed by atoms with Crippen LogP contribution in [0.5, 0.6) is 0 Å². The largest absolute Gasteiger partial charge is 0.207 e. The Kier molecular flexibility index (Phi) is 9.77. The molecule has 0 amide bonds. The van der Waals surface area contributed by atoms with Gasteiger partial charge in [-0.1, -0.05) is 76.7 Å². The zero-order chi connectivity index (χ0) is 21.2. The first-order valence-electron chi connectivity index (χ1n) is 13.0. The van der Waals surface area contributed by atoms with Crippen molar-refractivity contribution in [2.75, 3.05) is 0 Å². The molecule has 0 saturated heterocycles. The Morgan fingerprint density at radius 1 is 0.833 bits per heavy atom. The Balaban J connectivity index is 1.42. The van der Waals surface area contributed by atoms with Crippen LogP contribution < -0.4 is 0 Å².